The van der Waals surface area contributed by atoms with Crippen molar-refractivity contribution in [1.82, 2.24) is 0 Å². The zero-order valence-electron chi connectivity index (χ0n) is 13.3. The monoisotopic (exact) mass is 323 g/mol. The van der Waals surface area contributed by atoms with Crippen molar-refractivity contribution in [2.24, 2.45) is 0 Å². The Kier molecular flexibility index (Phi) is 4.66. The predicted octanol–water partition coefficient (Wildman–Crippen LogP) is 4.66. The second-order valence-corrected chi connectivity index (χ2v) is 5.38. The van der Waals surface area contributed by atoms with Crippen molar-refractivity contribution in [3.8, 4) is 22.6 Å². The van der Waals surface area contributed by atoms with E-state index < -0.39 is 0 Å². The lowest BCUT2D eigenvalue weighted by Gasteiger charge is -2.14. The van der Waals surface area contributed by atoms with Crippen molar-refractivity contribution in [1.29, 1.82) is 0 Å². The smallest absolute Gasteiger partial charge is 0.131 e. The largest absolute Gasteiger partial charge is 0.497 e. The van der Waals surface area contributed by atoms with Crippen LogP contribution in [-0.4, -0.2) is 7.11 Å². The summed E-state index contributed by atoms with van der Waals surface area (Å²) in [7, 11) is 1.54. The first kappa shape index (κ1) is 15.9. The molecule has 24 heavy (non-hydrogen) atoms. The molecule has 0 bridgehead atoms. The summed E-state index contributed by atoms with van der Waals surface area (Å²) in [5, 5.41) is 0. The summed E-state index contributed by atoms with van der Waals surface area (Å²) in [5.41, 5.74) is 8.45. The molecule has 0 atom stereocenters. The fourth-order valence-corrected chi connectivity index (χ4v) is 2.46. The number of nitrogens with two attached hydrogens (primary N) is 1. The maximum atomic E-state index is 14.3. The van der Waals surface area contributed by atoms with Crippen LogP contribution in [0.15, 0.2) is 66.7 Å². The lowest BCUT2D eigenvalue weighted by molar-refractivity contribution is 0.307. The van der Waals surface area contributed by atoms with Crippen LogP contribution in [0.25, 0.3) is 11.1 Å². The van der Waals surface area contributed by atoms with Gasteiger partial charge >= 0.3 is 0 Å². The third-order valence-corrected chi connectivity index (χ3v) is 3.70. The summed E-state index contributed by atoms with van der Waals surface area (Å²) in [6.45, 7) is 0.392. The van der Waals surface area contributed by atoms with Gasteiger partial charge in [-0.25, -0.2) is 4.39 Å². The van der Waals surface area contributed by atoms with E-state index in [0.29, 0.717) is 34.9 Å². The Balaban J connectivity index is 1.97. The third kappa shape index (κ3) is 3.49. The average Bonchev–Trinajstić information content (AvgIpc) is 2.62. The number of halogens is 1. The first-order valence-corrected chi connectivity index (χ1v) is 7.57. The van der Waals surface area contributed by atoms with Gasteiger partial charge in [-0.15, -0.1) is 0 Å². The van der Waals surface area contributed by atoms with Crippen molar-refractivity contribution in [3.63, 3.8) is 0 Å². The first-order valence-electron chi connectivity index (χ1n) is 7.57. The molecule has 3 aromatic carbocycles. The molecular weight excluding hydrogens is 305 g/mol. The number of anilines is 1. The van der Waals surface area contributed by atoms with Gasteiger partial charge < -0.3 is 15.2 Å². The minimum atomic E-state index is -0.356. The summed E-state index contributed by atoms with van der Waals surface area (Å²) in [6.07, 6.45) is 0. The molecule has 122 valence electrons. The Morgan fingerprint density at radius 2 is 1.71 bits per heavy atom. The van der Waals surface area contributed by atoms with Crippen molar-refractivity contribution in [2.75, 3.05) is 12.8 Å². The standard InChI is InChI=1S/C20H18FNO2/c1-23-16-8-9-19(21)17(12-16)18-11-15(22)7-10-20(18)24-13-14-5-3-2-4-6-14/h2-12H,13,22H2,1H3. The van der Waals surface area contributed by atoms with Gasteiger partial charge in [0.1, 0.15) is 23.9 Å². The number of ether oxygens (including phenoxy) is 2. The van der Waals surface area contributed by atoms with Crippen molar-refractivity contribution in [2.45, 2.75) is 6.61 Å². The molecule has 2 N–H and O–H groups in total. The van der Waals surface area contributed by atoms with E-state index in [1.54, 1.807) is 37.4 Å². The number of benzene rings is 3. The molecule has 0 saturated carbocycles. The maximum absolute atomic E-state index is 14.3. The van der Waals surface area contributed by atoms with Gasteiger partial charge in [-0.3, -0.25) is 0 Å². The molecule has 3 nitrogen and oxygen atoms in total. The van der Waals surface area contributed by atoms with Gasteiger partial charge in [0, 0.05) is 16.8 Å². The van der Waals surface area contributed by atoms with E-state index in [1.807, 2.05) is 30.3 Å². The number of methoxy groups -OCH3 is 1. The van der Waals surface area contributed by atoms with Gasteiger partial charge in [0.05, 0.1) is 7.11 Å². The van der Waals surface area contributed by atoms with E-state index >= 15 is 0 Å². The van der Waals surface area contributed by atoms with Crippen LogP contribution in [0.3, 0.4) is 0 Å². The van der Waals surface area contributed by atoms with E-state index in [9.17, 15) is 4.39 Å². The predicted molar refractivity (Wildman–Crippen MR) is 93.6 cm³/mol. The summed E-state index contributed by atoms with van der Waals surface area (Å²) >= 11 is 0. The number of hydrogen-bond donors (Lipinski definition) is 1. The SMILES string of the molecule is COc1ccc(F)c(-c2cc(N)ccc2OCc2ccccc2)c1. The minimum Gasteiger partial charge on any atom is -0.497 e. The van der Waals surface area contributed by atoms with E-state index in [-0.39, 0.29) is 5.82 Å². The molecule has 0 aliphatic heterocycles. The number of hydrogen-bond acceptors (Lipinski definition) is 3. The molecule has 0 fully saturated rings. The van der Waals surface area contributed by atoms with Crippen molar-refractivity contribution in [3.05, 3.63) is 78.1 Å². The van der Waals surface area contributed by atoms with Crippen LogP contribution in [0.5, 0.6) is 11.5 Å². The second kappa shape index (κ2) is 7.04. The molecule has 4 heteroatoms. The average molecular weight is 323 g/mol. The molecular formula is C20H18FNO2. The highest BCUT2D eigenvalue weighted by Crippen LogP contribution is 2.36. The first-order chi connectivity index (χ1) is 11.7. The van der Waals surface area contributed by atoms with Gasteiger partial charge in [-0.05, 0) is 42.0 Å². The topological polar surface area (TPSA) is 44.5 Å². The molecule has 0 saturated heterocycles. The highest BCUT2D eigenvalue weighted by Gasteiger charge is 2.13. The molecule has 0 aliphatic carbocycles. The third-order valence-electron chi connectivity index (χ3n) is 3.70. The van der Waals surface area contributed by atoms with Gasteiger partial charge in [0.15, 0.2) is 0 Å². The van der Waals surface area contributed by atoms with Gasteiger partial charge in [-0.1, -0.05) is 30.3 Å². The highest BCUT2D eigenvalue weighted by atomic mass is 19.1. The summed E-state index contributed by atoms with van der Waals surface area (Å²) < 4.78 is 25.4. The zero-order chi connectivity index (χ0) is 16.9. The Hall–Kier alpha value is -3.01. The molecule has 3 rings (SSSR count). The van der Waals surface area contributed by atoms with Gasteiger partial charge in [-0.2, -0.15) is 0 Å². The van der Waals surface area contributed by atoms with E-state index in [2.05, 4.69) is 0 Å². The van der Waals surface area contributed by atoms with Crippen LogP contribution >= 0.6 is 0 Å². The Morgan fingerprint density at radius 3 is 2.46 bits per heavy atom. The molecule has 0 spiro atoms. The molecule has 0 unspecified atom stereocenters. The quantitative estimate of drug-likeness (QED) is 0.694. The molecule has 0 heterocycles. The second-order valence-electron chi connectivity index (χ2n) is 5.38. The Labute approximate surface area is 140 Å². The Bertz CT molecular complexity index is 834. The molecule has 0 aliphatic rings. The van der Waals surface area contributed by atoms with Crippen molar-refractivity contribution >= 4 is 5.69 Å². The number of nitrogen functional groups attached to an aromatic ring is 1. The highest BCUT2D eigenvalue weighted by molar-refractivity contribution is 5.75. The van der Waals surface area contributed by atoms with Crippen molar-refractivity contribution < 1.29 is 13.9 Å². The molecule has 0 aromatic heterocycles. The van der Waals surface area contributed by atoms with Crippen LogP contribution in [0.4, 0.5) is 10.1 Å². The minimum absolute atomic E-state index is 0.356. The van der Waals surface area contributed by atoms with Crippen LogP contribution in [0.2, 0.25) is 0 Å². The van der Waals surface area contributed by atoms with Crippen LogP contribution in [0, 0.1) is 5.82 Å². The zero-order valence-corrected chi connectivity index (χ0v) is 13.3. The van der Waals surface area contributed by atoms with Crippen LogP contribution < -0.4 is 15.2 Å². The van der Waals surface area contributed by atoms with Crippen LogP contribution in [0.1, 0.15) is 5.56 Å². The fourth-order valence-electron chi connectivity index (χ4n) is 2.46. The molecule has 3 aromatic rings. The normalized spacial score (nSPS) is 10.4. The number of rotatable bonds is 5. The van der Waals surface area contributed by atoms with E-state index in [4.69, 9.17) is 15.2 Å². The lowest BCUT2D eigenvalue weighted by atomic mass is 10.0. The van der Waals surface area contributed by atoms with Crippen LogP contribution in [-0.2, 0) is 6.61 Å². The lowest BCUT2D eigenvalue weighted by Crippen LogP contribution is -1.99. The summed E-state index contributed by atoms with van der Waals surface area (Å²) in [6, 6.07) is 19.6. The van der Waals surface area contributed by atoms with E-state index in [0.717, 1.165) is 5.56 Å². The summed E-state index contributed by atoms with van der Waals surface area (Å²) in [4.78, 5) is 0. The summed E-state index contributed by atoms with van der Waals surface area (Å²) in [5.74, 6) is 0.786. The maximum Gasteiger partial charge on any atom is 0.131 e. The molecule has 0 radical (unpaired) electrons. The molecule has 0 amide bonds. The fraction of sp³-hybridized carbons (Fsp3) is 0.100. The Morgan fingerprint density at radius 1 is 0.917 bits per heavy atom. The van der Waals surface area contributed by atoms with E-state index in [1.165, 1.54) is 6.07 Å². The van der Waals surface area contributed by atoms with Gasteiger partial charge in [0.25, 0.3) is 0 Å². The van der Waals surface area contributed by atoms with Gasteiger partial charge in [0.2, 0.25) is 0 Å².